The number of nitrogens with one attached hydrogen (secondary N) is 2. The van der Waals surface area contributed by atoms with Crippen molar-refractivity contribution in [1.29, 1.82) is 0 Å². The van der Waals surface area contributed by atoms with Crippen molar-refractivity contribution in [1.82, 2.24) is 15.5 Å². The van der Waals surface area contributed by atoms with E-state index in [1.54, 1.807) is 0 Å². The predicted octanol–water partition coefficient (Wildman–Crippen LogP) is 0.136. The van der Waals surface area contributed by atoms with Crippen LogP contribution >= 0.6 is 0 Å². The number of rotatable bonds is 7. The third-order valence-electron chi connectivity index (χ3n) is 1.79. The van der Waals surface area contributed by atoms with Crippen molar-refractivity contribution in [3.63, 3.8) is 0 Å². The molecule has 0 saturated carbocycles. The number of nitrogens with zero attached hydrogens (tertiary/aromatic N) is 1. The summed E-state index contributed by atoms with van der Waals surface area (Å²) in [6.45, 7) is 8.74. The maximum Gasteiger partial charge on any atom is 0.0104 e. The summed E-state index contributed by atoms with van der Waals surface area (Å²) in [4.78, 5) is 2.33. The Labute approximate surface area is 76.5 Å². The van der Waals surface area contributed by atoms with Crippen LogP contribution in [-0.2, 0) is 0 Å². The zero-order valence-corrected chi connectivity index (χ0v) is 8.85. The molecule has 0 heterocycles. The maximum atomic E-state index is 3.39. The fraction of sp³-hybridized carbons (Fsp3) is 1.00. The van der Waals surface area contributed by atoms with Gasteiger partial charge in [-0.2, -0.15) is 0 Å². The van der Waals surface area contributed by atoms with Crippen LogP contribution in [0.25, 0.3) is 0 Å². The molecule has 2 N–H and O–H groups in total. The van der Waals surface area contributed by atoms with Gasteiger partial charge in [-0.1, -0.05) is 13.8 Å². The summed E-state index contributed by atoms with van der Waals surface area (Å²) in [5.41, 5.74) is 0. The molecule has 0 fully saturated rings. The summed E-state index contributed by atoms with van der Waals surface area (Å²) in [6, 6.07) is 0.600. The Morgan fingerprint density at radius 2 is 1.75 bits per heavy atom. The standard InChI is InChI=1S/C9H23N3/c1-9(2)11-6-8-12(4)7-5-10-3/h9-11H,5-8H2,1-4H3. The van der Waals surface area contributed by atoms with Crippen LogP contribution in [0.4, 0.5) is 0 Å². The number of likely N-dealkylation sites (N-methyl/N-ethyl adjacent to an activating group) is 2. The second-order valence-electron chi connectivity index (χ2n) is 3.52. The molecule has 0 unspecified atom stereocenters. The van der Waals surface area contributed by atoms with Crippen molar-refractivity contribution in [3.05, 3.63) is 0 Å². The van der Waals surface area contributed by atoms with E-state index in [9.17, 15) is 0 Å². The van der Waals surface area contributed by atoms with Crippen LogP contribution in [0.15, 0.2) is 0 Å². The molecule has 0 amide bonds. The Kier molecular flexibility index (Phi) is 7.45. The minimum absolute atomic E-state index is 0.600. The molecule has 0 aliphatic carbocycles. The molecule has 0 aromatic rings. The normalized spacial score (nSPS) is 11.5. The number of hydrogen-bond donors (Lipinski definition) is 2. The SMILES string of the molecule is CNCCN(C)CCNC(C)C. The molecule has 0 atom stereocenters. The van der Waals surface area contributed by atoms with Gasteiger partial charge in [0.25, 0.3) is 0 Å². The van der Waals surface area contributed by atoms with E-state index in [-0.39, 0.29) is 0 Å². The van der Waals surface area contributed by atoms with Gasteiger partial charge >= 0.3 is 0 Å². The fourth-order valence-electron chi connectivity index (χ4n) is 0.959. The average molecular weight is 173 g/mol. The highest BCUT2D eigenvalue weighted by molar-refractivity contribution is 4.58. The van der Waals surface area contributed by atoms with Gasteiger partial charge in [0.15, 0.2) is 0 Å². The van der Waals surface area contributed by atoms with E-state index in [1.807, 2.05) is 7.05 Å². The van der Waals surface area contributed by atoms with E-state index < -0.39 is 0 Å². The van der Waals surface area contributed by atoms with E-state index in [1.165, 1.54) is 0 Å². The second-order valence-corrected chi connectivity index (χ2v) is 3.52. The maximum absolute atomic E-state index is 3.39. The van der Waals surface area contributed by atoms with Gasteiger partial charge in [0.1, 0.15) is 0 Å². The lowest BCUT2D eigenvalue weighted by atomic mass is 10.4. The Bertz CT molecular complexity index is 93.8. The second kappa shape index (κ2) is 7.53. The van der Waals surface area contributed by atoms with Gasteiger partial charge in [-0.25, -0.2) is 0 Å². The largest absolute Gasteiger partial charge is 0.318 e. The van der Waals surface area contributed by atoms with Crippen LogP contribution < -0.4 is 10.6 Å². The van der Waals surface area contributed by atoms with E-state index in [0.717, 1.165) is 26.2 Å². The summed E-state index contributed by atoms with van der Waals surface area (Å²) >= 11 is 0. The smallest absolute Gasteiger partial charge is 0.0104 e. The highest BCUT2D eigenvalue weighted by Gasteiger charge is 1.96. The number of hydrogen-bond acceptors (Lipinski definition) is 3. The molecule has 3 nitrogen and oxygen atoms in total. The summed E-state index contributed by atoms with van der Waals surface area (Å²) in [7, 11) is 4.14. The lowest BCUT2D eigenvalue weighted by molar-refractivity contribution is 0.328. The lowest BCUT2D eigenvalue weighted by Gasteiger charge is -2.17. The molecule has 0 aromatic heterocycles. The predicted molar refractivity (Wildman–Crippen MR) is 54.6 cm³/mol. The molecule has 0 rings (SSSR count). The van der Waals surface area contributed by atoms with Gasteiger partial charge < -0.3 is 15.5 Å². The molecule has 74 valence electrons. The molecule has 12 heavy (non-hydrogen) atoms. The third kappa shape index (κ3) is 7.98. The first-order chi connectivity index (χ1) is 5.66. The lowest BCUT2D eigenvalue weighted by Crippen LogP contribution is -2.35. The van der Waals surface area contributed by atoms with Gasteiger partial charge in [0.05, 0.1) is 0 Å². The van der Waals surface area contributed by atoms with Crippen LogP contribution in [-0.4, -0.2) is 51.2 Å². The zero-order chi connectivity index (χ0) is 9.40. The van der Waals surface area contributed by atoms with Crippen molar-refractivity contribution in [2.45, 2.75) is 19.9 Å². The van der Waals surface area contributed by atoms with Gasteiger partial charge in [-0.3, -0.25) is 0 Å². The summed E-state index contributed by atoms with van der Waals surface area (Å²) < 4.78 is 0. The quantitative estimate of drug-likeness (QED) is 0.573. The minimum Gasteiger partial charge on any atom is -0.318 e. The molecule has 0 radical (unpaired) electrons. The van der Waals surface area contributed by atoms with Gasteiger partial charge in [-0.05, 0) is 14.1 Å². The zero-order valence-electron chi connectivity index (χ0n) is 8.85. The molecule has 0 spiro atoms. The first-order valence-electron chi connectivity index (χ1n) is 4.73. The summed E-state index contributed by atoms with van der Waals surface area (Å²) in [5.74, 6) is 0. The average Bonchev–Trinajstić information content (AvgIpc) is 2.00. The summed E-state index contributed by atoms with van der Waals surface area (Å²) in [6.07, 6.45) is 0. The topological polar surface area (TPSA) is 27.3 Å². The summed E-state index contributed by atoms with van der Waals surface area (Å²) in [5, 5.41) is 6.53. The van der Waals surface area contributed by atoms with Crippen molar-refractivity contribution in [2.75, 3.05) is 40.3 Å². The molecule has 0 saturated heterocycles. The molecule has 0 aliphatic heterocycles. The van der Waals surface area contributed by atoms with Crippen LogP contribution in [0.5, 0.6) is 0 Å². The molecule has 0 aromatic carbocycles. The fourth-order valence-corrected chi connectivity index (χ4v) is 0.959. The molecular weight excluding hydrogens is 150 g/mol. The van der Waals surface area contributed by atoms with E-state index >= 15 is 0 Å². The third-order valence-corrected chi connectivity index (χ3v) is 1.79. The molecule has 0 bridgehead atoms. The van der Waals surface area contributed by atoms with Crippen molar-refractivity contribution >= 4 is 0 Å². The Morgan fingerprint density at radius 3 is 2.25 bits per heavy atom. The van der Waals surface area contributed by atoms with Crippen LogP contribution in [0, 0.1) is 0 Å². The van der Waals surface area contributed by atoms with Crippen LogP contribution in [0.3, 0.4) is 0 Å². The molecule has 0 aliphatic rings. The van der Waals surface area contributed by atoms with Crippen molar-refractivity contribution in [2.24, 2.45) is 0 Å². The Morgan fingerprint density at radius 1 is 1.17 bits per heavy atom. The minimum atomic E-state index is 0.600. The highest BCUT2D eigenvalue weighted by Crippen LogP contribution is 1.80. The van der Waals surface area contributed by atoms with E-state index in [4.69, 9.17) is 0 Å². The first-order valence-corrected chi connectivity index (χ1v) is 4.73. The molecule has 3 heteroatoms. The Balaban J connectivity index is 3.13. The van der Waals surface area contributed by atoms with E-state index in [0.29, 0.717) is 6.04 Å². The monoisotopic (exact) mass is 173 g/mol. The first kappa shape index (κ1) is 11.9. The Hall–Kier alpha value is -0.120. The van der Waals surface area contributed by atoms with Gasteiger partial charge in [0.2, 0.25) is 0 Å². The van der Waals surface area contributed by atoms with Crippen molar-refractivity contribution < 1.29 is 0 Å². The highest BCUT2D eigenvalue weighted by atomic mass is 15.1. The molecular formula is C9H23N3. The van der Waals surface area contributed by atoms with Crippen LogP contribution in [0.1, 0.15) is 13.8 Å². The van der Waals surface area contributed by atoms with Crippen molar-refractivity contribution in [3.8, 4) is 0 Å². The van der Waals surface area contributed by atoms with E-state index in [2.05, 4.69) is 36.4 Å². The van der Waals surface area contributed by atoms with Crippen LogP contribution in [0.2, 0.25) is 0 Å². The van der Waals surface area contributed by atoms with Gasteiger partial charge in [0, 0.05) is 32.2 Å². The van der Waals surface area contributed by atoms with Gasteiger partial charge in [-0.15, -0.1) is 0 Å².